The van der Waals surface area contributed by atoms with E-state index in [-0.39, 0.29) is 24.7 Å². The Kier molecular flexibility index (Phi) is 4.98. The van der Waals surface area contributed by atoms with Crippen LogP contribution >= 0.6 is 0 Å². The smallest absolute Gasteiger partial charge is 0.262 e. The molecule has 5 nitrogen and oxygen atoms in total. The Labute approximate surface area is 119 Å². The van der Waals surface area contributed by atoms with Crippen LogP contribution in [0.5, 0.6) is 5.75 Å². The zero-order valence-corrected chi connectivity index (χ0v) is 12.0. The highest BCUT2D eigenvalue weighted by Gasteiger charge is 2.17. The molecule has 2 unspecified atom stereocenters. The predicted octanol–water partition coefficient (Wildman–Crippen LogP) is 1.83. The Bertz CT molecular complexity index is 476. The van der Waals surface area contributed by atoms with Crippen LogP contribution in [0.15, 0.2) is 18.2 Å². The second-order valence-electron chi connectivity index (χ2n) is 5.16. The molecule has 110 valence electrons. The molecule has 1 aromatic rings. The highest BCUT2D eigenvalue weighted by Crippen LogP contribution is 2.30. The standard InChI is InChI=1S/C15H22N2O3/c1-3-4-12(18)8-16-10(2)11-5-6-14-13(7-11)17-15(19)9-20-14/h5-7,10,12,16,18H,3-4,8-9H2,1-2H3,(H,17,19). The van der Waals surface area contributed by atoms with Gasteiger partial charge in [0.2, 0.25) is 0 Å². The van der Waals surface area contributed by atoms with Crippen LogP contribution in [0.2, 0.25) is 0 Å². The summed E-state index contributed by atoms with van der Waals surface area (Å²) in [7, 11) is 0. The summed E-state index contributed by atoms with van der Waals surface area (Å²) < 4.78 is 5.33. The summed E-state index contributed by atoms with van der Waals surface area (Å²) >= 11 is 0. The number of hydrogen-bond acceptors (Lipinski definition) is 4. The van der Waals surface area contributed by atoms with Gasteiger partial charge in [0.25, 0.3) is 5.91 Å². The van der Waals surface area contributed by atoms with E-state index in [1.165, 1.54) is 0 Å². The maximum atomic E-state index is 11.3. The average Bonchev–Trinajstić information content (AvgIpc) is 2.44. The molecule has 0 aromatic heterocycles. The van der Waals surface area contributed by atoms with E-state index < -0.39 is 0 Å². The number of carbonyl (C=O) groups is 1. The SMILES string of the molecule is CCCC(O)CNC(C)c1ccc2c(c1)NC(=O)CO2. The Balaban J connectivity index is 1.98. The van der Waals surface area contributed by atoms with Crippen LogP contribution < -0.4 is 15.4 Å². The highest BCUT2D eigenvalue weighted by atomic mass is 16.5. The van der Waals surface area contributed by atoms with E-state index in [0.717, 1.165) is 18.4 Å². The number of amides is 1. The number of aliphatic hydroxyl groups excluding tert-OH is 1. The highest BCUT2D eigenvalue weighted by molar-refractivity contribution is 5.95. The molecule has 0 saturated carbocycles. The van der Waals surface area contributed by atoms with Gasteiger partial charge in [-0.3, -0.25) is 4.79 Å². The molecule has 1 aromatic carbocycles. The lowest BCUT2D eigenvalue weighted by Gasteiger charge is -2.21. The summed E-state index contributed by atoms with van der Waals surface area (Å²) in [5, 5.41) is 15.8. The predicted molar refractivity (Wildman–Crippen MR) is 77.9 cm³/mol. The fraction of sp³-hybridized carbons (Fsp3) is 0.533. The van der Waals surface area contributed by atoms with Crippen LogP contribution in [-0.2, 0) is 4.79 Å². The number of fused-ring (bicyclic) bond motifs is 1. The first kappa shape index (κ1) is 14.8. The van der Waals surface area contributed by atoms with E-state index >= 15 is 0 Å². The molecule has 2 atom stereocenters. The summed E-state index contributed by atoms with van der Waals surface area (Å²) in [5.41, 5.74) is 1.76. The van der Waals surface area contributed by atoms with Gasteiger partial charge in [-0.15, -0.1) is 0 Å². The molecule has 1 aliphatic heterocycles. The number of benzene rings is 1. The second-order valence-corrected chi connectivity index (χ2v) is 5.16. The van der Waals surface area contributed by atoms with E-state index in [0.29, 0.717) is 18.0 Å². The van der Waals surface area contributed by atoms with E-state index in [9.17, 15) is 9.90 Å². The molecule has 2 rings (SSSR count). The third-order valence-electron chi connectivity index (χ3n) is 3.42. The van der Waals surface area contributed by atoms with E-state index in [1.807, 2.05) is 25.1 Å². The van der Waals surface area contributed by atoms with Crippen molar-refractivity contribution in [3.05, 3.63) is 23.8 Å². The topological polar surface area (TPSA) is 70.6 Å². The van der Waals surface area contributed by atoms with Crippen LogP contribution in [0.4, 0.5) is 5.69 Å². The first-order valence-corrected chi connectivity index (χ1v) is 7.08. The molecular formula is C15H22N2O3. The van der Waals surface area contributed by atoms with E-state index in [2.05, 4.69) is 17.6 Å². The van der Waals surface area contributed by atoms with Crippen LogP contribution in [0.3, 0.4) is 0 Å². The Morgan fingerprint density at radius 3 is 3.05 bits per heavy atom. The Morgan fingerprint density at radius 2 is 2.30 bits per heavy atom. The first-order chi connectivity index (χ1) is 9.60. The number of nitrogens with one attached hydrogen (secondary N) is 2. The summed E-state index contributed by atoms with van der Waals surface area (Å²) in [5.74, 6) is 0.570. The van der Waals surface area contributed by atoms with Crippen molar-refractivity contribution in [2.45, 2.75) is 38.8 Å². The van der Waals surface area contributed by atoms with Crippen molar-refractivity contribution in [2.75, 3.05) is 18.5 Å². The zero-order chi connectivity index (χ0) is 14.5. The van der Waals surface area contributed by atoms with Crippen LogP contribution in [-0.4, -0.2) is 30.3 Å². The number of aliphatic hydroxyl groups is 1. The Hall–Kier alpha value is -1.59. The molecule has 3 N–H and O–H groups in total. The number of hydrogen-bond donors (Lipinski definition) is 3. The van der Waals surface area contributed by atoms with Crippen LogP contribution in [0, 0.1) is 0 Å². The third-order valence-corrected chi connectivity index (χ3v) is 3.42. The quantitative estimate of drug-likeness (QED) is 0.742. The Morgan fingerprint density at radius 1 is 1.50 bits per heavy atom. The minimum Gasteiger partial charge on any atom is -0.482 e. The molecule has 1 amide bonds. The van der Waals surface area contributed by atoms with Crippen molar-refractivity contribution in [3.8, 4) is 5.75 Å². The molecule has 0 bridgehead atoms. The fourth-order valence-electron chi connectivity index (χ4n) is 2.24. The van der Waals surface area contributed by atoms with Gasteiger partial charge in [-0.2, -0.15) is 0 Å². The largest absolute Gasteiger partial charge is 0.482 e. The van der Waals surface area contributed by atoms with Crippen molar-refractivity contribution < 1.29 is 14.6 Å². The van der Waals surface area contributed by atoms with Gasteiger partial charge in [0, 0.05) is 12.6 Å². The lowest BCUT2D eigenvalue weighted by Crippen LogP contribution is -2.29. The number of rotatable bonds is 6. The monoisotopic (exact) mass is 278 g/mol. The normalized spacial score (nSPS) is 16.9. The fourth-order valence-corrected chi connectivity index (χ4v) is 2.24. The summed E-state index contributed by atoms with van der Waals surface area (Å²) in [4.78, 5) is 11.3. The van der Waals surface area contributed by atoms with Gasteiger partial charge in [-0.25, -0.2) is 0 Å². The minimum absolute atomic E-state index is 0.0728. The summed E-state index contributed by atoms with van der Waals surface area (Å²) in [6.07, 6.45) is 1.45. The molecule has 0 aliphatic carbocycles. The van der Waals surface area contributed by atoms with Gasteiger partial charge in [0.05, 0.1) is 11.8 Å². The third kappa shape index (κ3) is 3.71. The number of ether oxygens (including phenoxy) is 1. The molecule has 0 saturated heterocycles. The van der Waals surface area contributed by atoms with Crippen molar-refractivity contribution in [2.24, 2.45) is 0 Å². The van der Waals surface area contributed by atoms with Gasteiger partial charge in [0.1, 0.15) is 5.75 Å². The average molecular weight is 278 g/mol. The molecule has 0 radical (unpaired) electrons. The van der Waals surface area contributed by atoms with Crippen LogP contribution in [0.25, 0.3) is 0 Å². The molecule has 20 heavy (non-hydrogen) atoms. The van der Waals surface area contributed by atoms with E-state index in [4.69, 9.17) is 4.74 Å². The van der Waals surface area contributed by atoms with Gasteiger partial charge in [-0.05, 0) is 31.0 Å². The molecule has 1 aliphatic rings. The van der Waals surface area contributed by atoms with Crippen molar-refractivity contribution >= 4 is 11.6 Å². The van der Waals surface area contributed by atoms with Crippen molar-refractivity contribution in [1.29, 1.82) is 0 Å². The van der Waals surface area contributed by atoms with Crippen LogP contribution in [0.1, 0.15) is 38.3 Å². The lowest BCUT2D eigenvalue weighted by atomic mass is 10.1. The lowest BCUT2D eigenvalue weighted by molar-refractivity contribution is -0.118. The zero-order valence-electron chi connectivity index (χ0n) is 12.0. The molecule has 0 spiro atoms. The maximum absolute atomic E-state index is 11.3. The second kappa shape index (κ2) is 6.72. The van der Waals surface area contributed by atoms with Gasteiger partial charge in [0.15, 0.2) is 6.61 Å². The molecule has 0 fully saturated rings. The number of carbonyl (C=O) groups excluding carboxylic acids is 1. The number of anilines is 1. The van der Waals surface area contributed by atoms with Crippen molar-refractivity contribution in [1.82, 2.24) is 5.32 Å². The van der Waals surface area contributed by atoms with Gasteiger partial charge >= 0.3 is 0 Å². The van der Waals surface area contributed by atoms with E-state index in [1.54, 1.807) is 0 Å². The minimum atomic E-state index is -0.317. The maximum Gasteiger partial charge on any atom is 0.262 e. The van der Waals surface area contributed by atoms with Crippen molar-refractivity contribution in [3.63, 3.8) is 0 Å². The summed E-state index contributed by atoms with van der Waals surface area (Å²) in [6, 6.07) is 5.85. The summed E-state index contributed by atoms with van der Waals surface area (Å²) in [6.45, 7) is 4.73. The van der Waals surface area contributed by atoms with Gasteiger partial charge in [-0.1, -0.05) is 19.4 Å². The molecular weight excluding hydrogens is 256 g/mol. The molecule has 5 heteroatoms. The molecule has 1 heterocycles. The van der Waals surface area contributed by atoms with Gasteiger partial charge < -0.3 is 20.5 Å². The first-order valence-electron chi connectivity index (χ1n) is 7.08.